The first kappa shape index (κ1) is 23.3. The molecule has 1 atom stereocenters. The number of aromatic nitrogens is 2. The van der Waals surface area contributed by atoms with Crippen LogP contribution >= 0.6 is 0 Å². The lowest BCUT2D eigenvalue weighted by atomic mass is 9.83. The number of ether oxygens (including phenoxy) is 1. The summed E-state index contributed by atoms with van der Waals surface area (Å²) in [6.07, 6.45) is 3.40. The van der Waals surface area contributed by atoms with E-state index in [0.717, 1.165) is 0 Å². The van der Waals surface area contributed by atoms with Gasteiger partial charge < -0.3 is 15.0 Å². The summed E-state index contributed by atoms with van der Waals surface area (Å²) in [5.41, 5.74) is 1.22. The molecule has 0 radical (unpaired) electrons. The molecule has 9 heteroatoms. The fraction of sp³-hybridized carbons (Fsp3) is 0.259. The Kier molecular flexibility index (Phi) is 6.28. The van der Waals surface area contributed by atoms with E-state index in [4.69, 9.17) is 4.74 Å². The Labute approximate surface area is 207 Å². The predicted molar refractivity (Wildman–Crippen MR) is 131 cm³/mol. The van der Waals surface area contributed by atoms with Crippen molar-refractivity contribution in [3.8, 4) is 0 Å². The van der Waals surface area contributed by atoms with Gasteiger partial charge in [0.15, 0.2) is 17.7 Å². The number of nitrogens with zero attached hydrogens (tertiary/aromatic N) is 3. The Balaban J connectivity index is 1.23. The van der Waals surface area contributed by atoms with Gasteiger partial charge in [0.05, 0.1) is 17.2 Å². The molecule has 0 saturated carbocycles. The first-order valence-electron chi connectivity index (χ1n) is 11.8. The van der Waals surface area contributed by atoms with E-state index in [1.54, 1.807) is 60.9 Å². The molecule has 1 N–H and O–H groups in total. The zero-order valence-corrected chi connectivity index (χ0v) is 19.6. The molecule has 1 aliphatic heterocycles. The lowest BCUT2D eigenvalue weighted by molar-refractivity contribution is -0.158. The summed E-state index contributed by atoms with van der Waals surface area (Å²) >= 11 is 0. The van der Waals surface area contributed by atoms with E-state index in [1.165, 1.54) is 6.92 Å². The van der Waals surface area contributed by atoms with Gasteiger partial charge in [-0.25, -0.2) is 9.97 Å². The summed E-state index contributed by atoms with van der Waals surface area (Å²) < 4.78 is 5.46. The molecule has 2 aliphatic rings. The smallest absolute Gasteiger partial charge is 0.309 e. The number of esters is 1. The van der Waals surface area contributed by atoms with Crippen LogP contribution in [0.5, 0.6) is 0 Å². The summed E-state index contributed by atoms with van der Waals surface area (Å²) in [4.78, 5) is 62.1. The molecule has 1 unspecified atom stereocenters. The summed E-state index contributed by atoms with van der Waals surface area (Å²) in [7, 11) is 0. The maximum absolute atomic E-state index is 13.1. The topological polar surface area (TPSA) is 119 Å². The minimum absolute atomic E-state index is 0.142. The average molecular weight is 485 g/mol. The van der Waals surface area contributed by atoms with Crippen LogP contribution in [0.3, 0.4) is 0 Å². The fourth-order valence-electron chi connectivity index (χ4n) is 4.58. The number of amides is 1. The fourth-order valence-corrected chi connectivity index (χ4v) is 4.58. The Morgan fingerprint density at radius 2 is 1.56 bits per heavy atom. The van der Waals surface area contributed by atoms with Gasteiger partial charge in [0.1, 0.15) is 0 Å². The third kappa shape index (κ3) is 4.35. The highest BCUT2D eigenvalue weighted by Crippen LogP contribution is 2.32. The highest BCUT2D eigenvalue weighted by molar-refractivity contribution is 6.30. The summed E-state index contributed by atoms with van der Waals surface area (Å²) in [5, 5.41) is 2.67. The Morgan fingerprint density at radius 1 is 0.917 bits per heavy atom. The van der Waals surface area contributed by atoms with E-state index in [9.17, 15) is 19.2 Å². The number of anilines is 2. The third-order valence-corrected chi connectivity index (χ3v) is 6.54. The second-order valence-corrected chi connectivity index (χ2v) is 8.81. The van der Waals surface area contributed by atoms with Crippen LogP contribution in [0.25, 0.3) is 0 Å². The minimum Gasteiger partial charge on any atom is -0.452 e. The van der Waals surface area contributed by atoms with Gasteiger partial charge in [-0.05, 0) is 31.9 Å². The SMILES string of the molecule is CC(OC(=O)C1CCN(c2ncccn2)CC1)C(=O)Nc1cccc2c1C(=O)c1ccccc1C2=O. The quantitative estimate of drug-likeness (QED) is 0.430. The standard InChI is InChI=1S/C27H24N4O5/c1-16(36-26(35)17-10-14-31(15-11-17)27-28-12-5-13-29-27)25(34)30-21-9-4-8-20-22(21)24(33)19-7-3-2-6-18(19)23(20)32/h2-9,12-13,16-17H,10-11,14-15H2,1H3,(H,30,34). The number of hydrogen-bond donors (Lipinski definition) is 1. The van der Waals surface area contributed by atoms with E-state index >= 15 is 0 Å². The zero-order valence-electron chi connectivity index (χ0n) is 19.6. The zero-order chi connectivity index (χ0) is 25.2. The van der Waals surface area contributed by atoms with Crippen LogP contribution in [-0.4, -0.2) is 52.6 Å². The van der Waals surface area contributed by atoms with Crippen molar-refractivity contribution in [2.75, 3.05) is 23.3 Å². The largest absolute Gasteiger partial charge is 0.452 e. The van der Waals surface area contributed by atoms with Crippen LogP contribution in [0.15, 0.2) is 60.9 Å². The van der Waals surface area contributed by atoms with E-state index < -0.39 is 18.0 Å². The maximum Gasteiger partial charge on any atom is 0.309 e. The molecular weight excluding hydrogens is 460 g/mol. The molecule has 2 aromatic carbocycles. The molecule has 1 aromatic heterocycles. The number of carbonyl (C=O) groups excluding carboxylic acids is 4. The molecule has 1 amide bonds. The van der Waals surface area contributed by atoms with Gasteiger partial charge in [-0.3, -0.25) is 19.2 Å². The van der Waals surface area contributed by atoms with Crippen molar-refractivity contribution < 1.29 is 23.9 Å². The molecule has 5 rings (SSSR count). The van der Waals surface area contributed by atoms with Crippen molar-refractivity contribution >= 4 is 35.1 Å². The molecule has 182 valence electrons. The highest BCUT2D eigenvalue weighted by Gasteiger charge is 2.33. The first-order chi connectivity index (χ1) is 17.4. The van der Waals surface area contributed by atoms with Gasteiger partial charge >= 0.3 is 5.97 Å². The third-order valence-electron chi connectivity index (χ3n) is 6.54. The minimum atomic E-state index is -1.08. The van der Waals surface area contributed by atoms with Crippen LogP contribution in [0.1, 0.15) is 51.6 Å². The van der Waals surface area contributed by atoms with Crippen LogP contribution in [0.4, 0.5) is 11.6 Å². The van der Waals surface area contributed by atoms with Crippen LogP contribution in [-0.2, 0) is 14.3 Å². The lowest BCUT2D eigenvalue weighted by Gasteiger charge is -2.31. The van der Waals surface area contributed by atoms with Crippen molar-refractivity contribution in [3.63, 3.8) is 0 Å². The van der Waals surface area contributed by atoms with Crippen molar-refractivity contribution in [1.82, 2.24) is 9.97 Å². The molecule has 2 heterocycles. The van der Waals surface area contributed by atoms with Gasteiger partial charge in [0, 0.05) is 42.2 Å². The second-order valence-electron chi connectivity index (χ2n) is 8.81. The number of hydrogen-bond acceptors (Lipinski definition) is 8. The molecule has 3 aromatic rings. The molecule has 1 saturated heterocycles. The van der Waals surface area contributed by atoms with E-state index in [1.807, 2.05) is 4.90 Å². The van der Waals surface area contributed by atoms with Crippen LogP contribution in [0.2, 0.25) is 0 Å². The number of fused-ring (bicyclic) bond motifs is 2. The highest BCUT2D eigenvalue weighted by atomic mass is 16.5. The number of rotatable bonds is 5. The van der Waals surface area contributed by atoms with E-state index in [2.05, 4.69) is 15.3 Å². The molecule has 0 spiro atoms. The van der Waals surface area contributed by atoms with Crippen molar-refractivity contribution in [2.45, 2.75) is 25.9 Å². The van der Waals surface area contributed by atoms with Crippen LogP contribution < -0.4 is 10.2 Å². The summed E-state index contributed by atoms with van der Waals surface area (Å²) in [6.45, 7) is 2.70. The predicted octanol–water partition coefficient (Wildman–Crippen LogP) is 3.04. The molecule has 0 bridgehead atoms. The monoisotopic (exact) mass is 484 g/mol. The van der Waals surface area contributed by atoms with E-state index in [0.29, 0.717) is 43.0 Å². The molecular formula is C27H24N4O5. The number of benzene rings is 2. The lowest BCUT2D eigenvalue weighted by Crippen LogP contribution is -2.39. The van der Waals surface area contributed by atoms with Gasteiger partial charge in [0.2, 0.25) is 5.95 Å². The number of carbonyl (C=O) groups is 4. The normalized spacial score (nSPS) is 16.1. The average Bonchev–Trinajstić information content (AvgIpc) is 2.92. The second kappa shape index (κ2) is 9.69. The van der Waals surface area contributed by atoms with Gasteiger partial charge in [-0.1, -0.05) is 36.4 Å². The Hall–Kier alpha value is -4.40. The van der Waals surface area contributed by atoms with Crippen molar-refractivity contribution in [2.24, 2.45) is 5.92 Å². The van der Waals surface area contributed by atoms with Crippen LogP contribution in [0, 0.1) is 5.92 Å². The maximum atomic E-state index is 13.1. The molecule has 1 fully saturated rings. The van der Waals surface area contributed by atoms with Crippen molar-refractivity contribution in [3.05, 3.63) is 83.2 Å². The number of nitrogens with one attached hydrogen (secondary N) is 1. The Bertz CT molecular complexity index is 1350. The first-order valence-corrected chi connectivity index (χ1v) is 11.8. The molecule has 9 nitrogen and oxygen atoms in total. The summed E-state index contributed by atoms with van der Waals surface area (Å²) in [5.74, 6) is -1.34. The molecule has 1 aliphatic carbocycles. The van der Waals surface area contributed by atoms with Crippen molar-refractivity contribution in [1.29, 1.82) is 0 Å². The molecule has 36 heavy (non-hydrogen) atoms. The van der Waals surface area contributed by atoms with Gasteiger partial charge in [0.25, 0.3) is 5.91 Å². The number of ketones is 2. The Morgan fingerprint density at radius 3 is 2.25 bits per heavy atom. The van der Waals surface area contributed by atoms with Gasteiger partial charge in [-0.2, -0.15) is 0 Å². The number of piperidine rings is 1. The van der Waals surface area contributed by atoms with E-state index in [-0.39, 0.29) is 34.3 Å². The summed E-state index contributed by atoms with van der Waals surface area (Å²) in [6, 6.07) is 13.1. The van der Waals surface area contributed by atoms with Gasteiger partial charge in [-0.15, -0.1) is 0 Å².